The highest BCUT2D eigenvalue weighted by atomic mass is 16.5. The van der Waals surface area contributed by atoms with Gasteiger partial charge in [0.1, 0.15) is 5.75 Å². The lowest BCUT2D eigenvalue weighted by atomic mass is 9.85. The fourth-order valence-corrected chi connectivity index (χ4v) is 2.20. The normalized spacial score (nSPS) is 14.3. The maximum Gasteiger partial charge on any atom is 0.123 e. The van der Waals surface area contributed by atoms with Gasteiger partial charge in [-0.25, -0.2) is 0 Å². The summed E-state index contributed by atoms with van der Waals surface area (Å²) in [5.74, 6) is 1.23. The molecule has 0 radical (unpaired) electrons. The molecule has 0 heterocycles. The van der Waals surface area contributed by atoms with E-state index in [1.165, 1.54) is 5.56 Å². The van der Waals surface area contributed by atoms with Crippen LogP contribution in [0.3, 0.4) is 0 Å². The van der Waals surface area contributed by atoms with Crippen molar-refractivity contribution in [2.24, 2.45) is 17.6 Å². The van der Waals surface area contributed by atoms with Gasteiger partial charge < -0.3 is 10.5 Å². The van der Waals surface area contributed by atoms with E-state index in [-0.39, 0.29) is 17.9 Å². The van der Waals surface area contributed by atoms with Crippen LogP contribution in [-0.2, 0) is 0 Å². The summed E-state index contributed by atoms with van der Waals surface area (Å²) in [4.78, 5) is 0. The molecule has 0 aliphatic heterocycles. The van der Waals surface area contributed by atoms with E-state index in [0.29, 0.717) is 5.92 Å². The summed E-state index contributed by atoms with van der Waals surface area (Å²) >= 11 is 0. The quantitative estimate of drug-likeness (QED) is 0.879. The maximum atomic E-state index is 9.26. The van der Waals surface area contributed by atoms with E-state index < -0.39 is 0 Å². The van der Waals surface area contributed by atoms with Crippen LogP contribution in [0.2, 0.25) is 0 Å². The Balaban J connectivity index is 3.16. The lowest BCUT2D eigenvalue weighted by molar-refractivity contribution is 0.372. The Labute approximate surface area is 116 Å². The average Bonchev–Trinajstić information content (AvgIpc) is 2.37. The highest BCUT2D eigenvalue weighted by Crippen LogP contribution is 2.33. The average molecular weight is 260 g/mol. The van der Waals surface area contributed by atoms with E-state index in [4.69, 9.17) is 10.5 Å². The molecule has 1 aromatic carbocycles. The third kappa shape index (κ3) is 3.48. The predicted molar refractivity (Wildman–Crippen MR) is 78.0 cm³/mol. The van der Waals surface area contributed by atoms with Crippen LogP contribution in [0.4, 0.5) is 0 Å². The molecule has 104 valence electrons. The fraction of sp³-hybridized carbons (Fsp3) is 0.562. The minimum Gasteiger partial charge on any atom is -0.496 e. The molecule has 2 unspecified atom stereocenters. The van der Waals surface area contributed by atoms with Gasteiger partial charge in [0.05, 0.1) is 19.1 Å². The van der Waals surface area contributed by atoms with Crippen LogP contribution in [0.5, 0.6) is 5.75 Å². The number of methoxy groups -OCH3 is 1. The molecule has 0 spiro atoms. The smallest absolute Gasteiger partial charge is 0.123 e. The molecule has 0 aromatic heterocycles. The van der Waals surface area contributed by atoms with Crippen LogP contribution in [0.15, 0.2) is 18.2 Å². The lowest BCUT2D eigenvalue weighted by Gasteiger charge is -2.23. The van der Waals surface area contributed by atoms with Gasteiger partial charge in [0.15, 0.2) is 0 Å². The first-order valence-electron chi connectivity index (χ1n) is 6.75. The van der Waals surface area contributed by atoms with E-state index in [1.54, 1.807) is 7.11 Å². The lowest BCUT2D eigenvalue weighted by Crippen LogP contribution is -2.25. The van der Waals surface area contributed by atoms with Crippen LogP contribution in [0.1, 0.15) is 50.8 Å². The summed E-state index contributed by atoms with van der Waals surface area (Å²) in [7, 11) is 1.65. The van der Waals surface area contributed by atoms with Gasteiger partial charge in [-0.05, 0) is 23.5 Å². The predicted octanol–water partition coefficient (Wildman–Crippen LogP) is 3.61. The van der Waals surface area contributed by atoms with Crippen molar-refractivity contribution in [3.05, 3.63) is 29.3 Å². The Morgan fingerprint density at radius 3 is 2.26 bits per heavy atom. The second-order valence-corrected chi connectivity index (χ2v) is 5.58. The van der Waals surface area contributed by atoms with Crippen molar-refractivity contribution >= 4 is 0 Å². The third-order valence-corrected chi connectivity index (χ3v) is 3.54. The second-order valence-electron chi connectivity index (χ2n) is 5.58. The number of nitrogens with zero attached hydrogens (tertiary/aromatic N) is 1. The summed E-state index contributed by atoms with van der Waals surface area (Å²) in [6.45, 7) is 8.31. The zero-order valence-corrected chi connectivity index (χ0v) is 12.5. The molecule has 2 atom stereocenters. The van der Waals surface area contributed by atoms with Crippen molar-refractivity contribution in [1.82, 2.24) is 0 Å². The number of rotatable bonds is 5. The Hall–Kier alpha value is -1.53. The van der Waals surface area contributed by atoms with E-state index in [9.17, 15) is 5.26 Å². The summed E-state index contributed by atoms with van der Waals surface area (Å²) < 4.78 is 5.44. The topological polar surface area (TPSA) is 59.0 Å². The monoisotopic (exact) mass is 260 g/mol. The van der Waals surface area contributed by atoms with Gasteiger partial charge >= 0.3 is 0 Å². The molecular weight excluding hydrogens is 236 g/mol. The second kappa shape index (κ2) is 6.58. The minimum atomic E-state index is -0.318. The third-order valence-electron chi connectivity index (χ3n) is 3.54. The molecule has 0 saturated heterocycles. The summed E-state index contributed by atoms with van der Waals surface area (Å²) in [5.41, 5.74) is 8.37. The molecule has 0 saturated carbocycles. The van der Waals surface area contributed by atoms with Gasteiger partial charge in [-0.15, -0.1) is 0 Å². The molecule has 0 fully saturated rings. The highest BCUT2D eigenvalue weighted by Gasteiger charge is 2.25. The number of ether oxygens (including phenoxy) is 1. The van der Waals surface area contributed by atoms with Gasteiger partial charge in [0, 0.05) is 11.6 Å². The summed E-state index contributed by atoms with van der Waals surface area (Å²) in [6, 6.07) is 8.07. The minimum absolute atomic E-state index is 0.209. The van der Waals surface area contributed by atoms with Crippen LogP contribution in [0, 0.1) is 23.2 Å². The molecule has 0 bridgehead atoms. The Kier molecular flexibility index (Phi) is 5.38. The Morgan fingerprint density at radius 2 is 1.84 bits per heavy atom. The van der Waals surface area contributed by atoms with E-state index in [1.807, 2.05) is 26.0 Å². The number of nitrogens with two attached hydrogens (primary N) is 1. The van der Waals surface area contributed by atoms with Crippen molar-refractivity contribution in [3.63, 3.8) is 0 Å². The molecule has 3 nitrogen and oxygen atoms in total. The van der Waals surface area contributed by atoms with Crippen LogP contribution >= 0.6 is 0 Å². The number of nitriles is 1. The summed E-state index contributed by atoms with van der Waals surface area (Å²) in [6.07, 6.45) is 0. The highest BCUT2D eigenvalue weighted by molar-refractivity contribution is 5.41. The van der Waals surface area contributed by atoms with Crippen molar-refractivity contribution in [1.29, 1.82) is 5.26 Å². The van der Waals surface area contributed by atoms with Gasteiger partial charge in [0.2, 0.25) is 0 Å². The van der Waals surface area contributed by atoms with Gasteiger partial charge in [0.25, 0.3) is 0 Å². The molecular formula is C16H24N2O. The van der Waals surface area contributed by atoms with Gasteiger partial charge in [-0.3, -0.25) is 0 Å². The van der Waals surface area contributed by atoms with Crippen molar-refractivity contribution in [2.45, 2.75) is 39.7 Å². The first-order chi connectivity index (χ1) is 8.92. The van der Waals surface area contributed by atoms with Gasteiger partial charge in [-0.2, -0.15) is 5.26 Å². The largest absolute Gasteiger partial charge is 0.496 e. The number of hydrogen-bond acceptors (Lipinski definition) is 3. The van der Waals surface area contributed by atoms with Gasteiger partial charge in [-0.1, -0.05) is 39.8 Å². The molecule has 2 N–H and O–H groups in total. The molecule has 19 heavy (non-hydrogen) atoms. The SMILES string of the molecule is COc1cc(C(C)C)ccc1C(N)C(C#N)C(C)C. The molecule has 0 aliphatic carbocycles. The first kappa shape index (κ1) is 15.5. The molecule has 0 aliphatic rings. The van der Waals surface area contributed by atoms with Crippen molar-refractivity contribution < 1.29 is 4.74 Å². The molecule has 1 aromatic rings. The van der Waals surface area contributed by atoms with E-state index in [0.717, 1.165) is 11.3 Å². The number of benzene rings is 1. The zero-order chi connectivity index (χ0) is 14.6. The molecule has 3 heteroatoms. The molecule has 0 amide bonds. The van der Waals surface area contributed by atoms with Crippen molar-refractivity contribution in [3.8, 4) is 11.8 Å². The fourth-order valence-electron chi connectivity index (χ4n) is 2.20. The standard InChI is InChI=1S/C16H24N2O/c1-10(2)12-6-7-13(15(8-12)19-5)16(18)14(9-17)11(3)4/h6-8,10-11,14,16H,18H2,1-5H3. The van der Waals surface area contributed by atoms with Crippen LogP contribution in [-0.4, -0.2) is 7.11 Å². The van der Waals surface area contributed by atoms with Crippen LogP contribution < -0.4 is 10.5 Å². The molecule has 1 rings (SSSR count). The van der Waals surface area contributed by atoms with Crippen LogP contribution in [0.25, 0.3) is 0 Å². The first-order valence-corrected chi connectivity index (χ1v) is 6.75. The van der Waals surface area contributed by atoms with E-state index in [2.05, 4.69) is 26.0 Å². The Morgan fingerprint density at radius 1 is 1.21 bits per heavy atom. The number of hydrogen-bond donors (Lipinski definition) is 1. The van der Waals surface area contributed by atoms with E-state index >= 15 is 0 Å². The maximum absolute atomic E-state index is 9.26. The summed E-state index contributed by atoms with van der Waals surface area (Å²) in [5, 5.41) is 9.26. The Bertz CT molecular complexity index is 460. The van der Waals surface area contributed by atoms with Crippen molar-refractivity contribution in [2.75, 3.05) is 7.11 Å². The zero-order valence-electron chi connectivity index (χ0n) is 12.5.